The summed E-state index contributed by atoms with van der Waals surface area (Å²) in [5, 5.41) is 7.38. The van der Waals surface area contributed by atoms with Crippen LogP contribution in [-0.2, 0) is 11.8 Å². The fraction of sp³-hybridized carbons (Fsp3) is 0.333. The minimum absolute atomic E-state index is 0.0459. The third-order valence-corrected chi connectivity index (χ3v) is 5.23. The van der Waals surface area contributed by atoms with E-state index in [2.05, 4.69) is 20.3 Å². The summed E-state index contributed by atoms with van der Waals surface area (Å²) in [4.78, 5) is 31.0. The molecule has 2 aromatic heterocycles. The van der Waals surface area contributed by atoms with Gasteiger partial charge >= 0.3 is 5.69 Å². The summed E-state index contributed by atoms with van der Waals surface area (Å²) < 4.78 is 3.10. The van der Waals surface area contributed by atoms with E-state index in [0.717, 1.165) is 37.4 Å². The Morgan fingerprint density at radius 1 is 1.14 bits per heavy atom. The molecule has 0 radical (unpaired) electrons. The van der Waals surface area contributed by atoms with Crippen molar-refractivity contribution in [3.63, 3.8) is 0 Å². The van der Waals surface area contributed by atoms with Crippen molar-refractivity contribution in [1.29, 1.82) is 0 Å². The van der Waals surface area contributed by atoms with E-state index in [1.807, 2.05) is 36.4 Å². The molecule has 8 heteroatoms. The van der Waals surface area contributed by atoms with Crippen LogP contribution in [0.1, 0.15) is 24.6 Å². The number of aryl methyl sites for hydroxylation is 1. The van der Waals surface area contributed by atoms with Crippen LogP contribution in [0.3, 0.4) is 0 Å². The highest BCUT2D eigenvalue weighted by molar-refractivity contribution is 5.92. The summed E-state index contributed by atoms with van der Waals surface area (Å²) in [5.74, 6) is 0.931. The first-order valence-corrected chi connectivity index (χ1v) is 9.75. The van der Waals surface area contributed by atoms with Gasteiger partial charge in [-0.15, -0.1) is 0 Å². The van der Waals surface area contributed by atoms with Gasteiger partial charge in [0.2, 0.25) is 5.91 Å². The van der Waals surface area contributed by atoms with Crippen molar-refractivity contribution >= 4 is 11.6 Å². The Morgan fingerprint density at radius 3 is 2.59 bits per heavy atom. The molecule has 29 heavy (non-hydrogen) atoms. The lowest BCUT2D eigenvalue weighted by Gasteiger charge is -2.31. The van der Waals surface area contributed by atoms with Gasteiger partial charge in [-0.1, -0.05) is 18.2 Å². The molecule has 150 valence electrons. The predicted molar refractivity (Wildman–Crippen MR) is 110 cm³/mol. The Balaban J connectivity index is 1.41. The average Bonchev–Trinajstić information content (AvgIpc) is 3.04. The number of pyridine rings is 1. The van der Waals surface area contributed by atoms with Crippen molar-refractivity contribution in [2.24, 2.45) is 7.05 Å². The highest BCUT2D eigenvalue weighted by Gasteiger charge is 2.27. The van der Waals surface area contributed by atoms with Crippen molar-refractivity contribution in [3.05, 3.63) is 71.2 Å². The summed E-state index contributed by atoms with van der Waals surface area (Å²) >= 11 is 0. The van der Waals surface area contributed by atoms with Gasteiger partial charge in [-0.25, -0.2) is 14.0 Å². The summed E-state index contributed by atoms with van der Waals surface area (Å²) in [6.07, 6.45) is 5.01. The molecule has 0 atom stereocenters. The molecule has 1 fully saturated rings. The number of benzene rings is 1. The van der Waals surface area contributed by atoms with E-state index in [9.17, 15) is 9.59 Å². The second-order valence-corrected chi connectivity index (χ2v) is 7.28. The number of hydrogen-bond acceptors (Lipinski definition) is 5. The molecule has 0 spiro atoms. The molecule has 0 saturated carbocycles. The fourth-order valence-corrected chi connectivity index (χ4v) is 3.76. The number of aromatic nitrogens is 4. The first-order chi connectivity index (χ1) is 14.1. The van der Waals surface area contributed by atoms with Crippen molar-refractivity contribution in [2.75, 3.05) is 25.0 Å². The number of carbonyl (C=O) groups is 1. The molecule has 1 N–H and O–H groups in total. The van der Waals surface area contributed by atoms with Gasteiger partial charge in [0.25, 0.3) is 0 Å². The molecule has 1 amide bonds. The van der Waals surface area contributed by atoms with E-state index in [1.165, 1.54) is 4.68 Å². The molecule has 0 unspecified atom stereocenters. The largest absolute Gasteiger partial charge is 0.350 e. The number of hydrogen-bond donors (Lipinski definition) is 1. The van der Waals surface area contributed by atoms with E-state index in [1.54, 1.807) is 30.1 Å². The maximum absolute atomic E-state index is 12.6. The summed E-state index contributed by atoms with van der Waals surface area (Å²) in [7, 11) is 1.68. The van der Waals surface area contributed by atoms with Crippen LogP contribution in [0.5, 0.6) is 0 Å². The predicted octanol–water partition coefficient (Wildman–Crippen LogP) is 1.78. The van der Waals surface area contributed by atoms with Crippen LogP contribution in [-0.4, -0.2) is 49.8 Å². The fourth-order valence-electron chi connectivity index (χ4n) is 3.76. The Bertz CT molecular complexity index is 1020. The molecule has 1 saturated heterocycles. The number of nitrogens with zero attached hydrogens (tertiary/aromatic N) is 5. The van der Waals surface area contributed by atoms with Crippen LogP contribution < -0.4 is 11.0 Å². The molecule has 3 aromatic rings. The number of likely N-dealkylation sites (tertiary alicyclic amines) is 1. The van der Waals surface area contributed by atoms with Crippen LogP contribution in [0.25, 0.3) is 5.69 Å². The van der Waals surface area contributed by atoms with Crippen LogP contribution >= 0.6 is 0 Å². The standard InChI is InChI=1S/C21H24N6O2/c1-25-21(29)27(18-7-3-2-4-8-18)20(24-25)16-9-12-26(13-10-16)15-19(28)23-17-6-5-11-22-14-17/h2-8,11,14,16H,9-10,12-13,15H2,1H3,(H,23,28). The molecular weight excluding hydrogens is 368 g/mol. The van der Waals surface area contributed by atoms with Crippen LogP contribution in [0.4, 0.5) is 5.69 Å². The monoisotopic (exact) mass is 392 g/mol. The Kier molecular flexibility index (Phi) is 5.53. The van der Waals surface area contributed by atoms with Crippen molar-refractivity contribution in [3.8, 4) is 5.69 Å². The number of piperidine rings is 1. The van der Waals surface area contributed by atoms with E-state index < -0.39 is 0 Å². The number of carbonyl (C=O) groups excluding carboxylic acids is 1. The smallest absolute Gasteiger partial charge is 0.324 e. The summed E-state index contributed by atoms with van der Waals surface area (Å²) in [6, 6.07) is 13.2. The van der Waals surface area contributed by atoms with Crippen LogP contribution in [0.2, 0.25) is 0 Å². The Morgan fingerprint density at radius 2 is 1.90 bits per heavy atom. The van der Waals surface area contributed by atoms with Gasteiger partial charge in [-0.3, -0.25) is 14.7 Å². The molecule has 8 nitrogen and oxygen atoms in total. The van der Waals surface area contributed by atoms with E-state index >= 15 is 0 Å². The normalized spacial score (nSPS) is 15.3. The van der Waals surface area contributed by atoms with Gasteiger partial charge < -0.3 is 5.32 Å². The zero-order valence-electron chi connectivity index (χ0n) is 16.4. The van der Waals surface area contributed by atoms with Gasteiger partial charge in [0.05, 0.1) is 24.1 Å². The first-order valence-electron chi connectivity index (χ1n) is 9.75. The third-order valence-electron chi connectivity index (χ3n) is 5.23. The van der Waals surface area contributed by atoms with Crippen LogP contribution in [0, 0.1) is 0 Å². The lowest BCUT2D eigenvalue weighted by molar-refractivity contribution is -0.117. The first kappa shape index (κ1) is 19.1. The van der Waals surface area contributed by atoms with Gasteiger partial charge in [-0.05, 0) is 50.2 Å². The summed E-state index contributed by atoms with van der Waals surface area (Å²) in [5.41, 5.74) is 1.40. The SMILES string of the molecule is Cn1nc(C2CCN(CC(=O)Nc3cccnc3)CC2)n(-c2ccccc2)c1=O. The summed E-state index contributed by atoms with van der Waals surface area (Å²) in [6.45, 7) is 1.91. The number of para-hydroxylation sites is 1. The molecule has 4 rings (SSSR count). The number of anilines is 1. The lowest BCUT2D eigenvalue weighted by Crippen LogP contribution is -2.39. The maximum Gasteiger partial charge on any atom is 0.350 e. The number of nitrogens with one attached hydrogen (secondary N) is 1. The second kappa shape index (κ2) is 8.40. The minimum atomic E-state index is -0.135. The maximum atomic E-state index is 12.6. The van der Waals surface area contributed by atoms with Crippen molar-refractivity contribution < 1.29 is 4.79 Å². The van der Waals surface area contributed by atoms with E-state index in [0.29, 0.717) is 12.2 Å². The molecule has 0 bridgehead atoms. The minimum Gasteiger partial charge on any atom is -0.324 e. The number of amides is 1. The Hall–Kier alpha value is -3.26. The molecule has 1 aliphatic rings. The third kappa shape index (κ3) is 4.27. The van der Waals surface area contributed by atoms with Gasteiger partial charge in [0.1, 0.15) is 5.82 Å². The average molecular weight is 392 g/mol. The van der Waals surface area contributed by atoms with Crippen molar-refractivity contribution in [2.45, 2.75) is 18.8 Å². The highest BCUT2D eigenvalue weighted by atomic mass is 16.2. The molecule has 0 aliphatic carbocycles. The lowest BCUT2D eigenvalue weighted by atomic mass is 9.95. The quantitative estimate of drug-likeness (QED) is 0.716. The molecule has 3 heterocycles. The highest BCUT2D eigenvalue weighted by Crippen LogP contribution is 2.27. The zero-order valence-corrected chi connectivity index (χ0v) is 16.4. The second-order valence-electron chi connectivity index (χ2n) is 7.28. The van der Waals surface area contributed by atoms with Gasteiger partial charge in [0.15, 0.2) is 0 Å². The zero-order chi connectivity index (χ0) is 20.2. The number of rotatable bonds is 5. The Labute approximate surface area is 168 Å². The van der Waals surface area contributed by atoms with Gasteiger partial charge in [-0.2, -0.15) is 5.10 Å². The molecule has 1 aromatic carbocycles. The molecular formula is C21H24N6O2. The van der Waals surface area contributed by atoms with E-state index in [-0.39, 0.29) is 17.5 Å². The molecule has 1 aliphatic heterocycles. The van der Waals surface area contributed by atoms with Gasteiger partial charge in [0, 0.05) is 19.2 Å². The topological polar surface area (TPSA) is 85.1 Å². The van der Waals surface area contributed by atoms with E-state index in [4.69, 9.17) is 0 Å². The van der Waals surface area contributed by atoms with Crippen molar-refractivity contribution in [1.82, 2.24) is 24.2 Å². The van der Waals surface area contributed by atoms with Crippen LogP contribution in [0.15, 0.2) is 59.7 Å².